The Kier molecular flexibility index (Phi) is 5.04. The van der Waals surface area contributed by atoms with Crippen LogP contribution in [0.4, 0.5) is 5.95 Å². The number of rotatable bonds is 5. The number of carbonyl (C=O) groups is 1. The molecule has 2 N–H and O–H groups in total. The van der Waals surface area contributed by atoms with Gasteiger partial charge in [-0.2, -0.15) is 0 Å². The highest BCUT2D eigenvalue weighted by atomic mass is 16.7. The first-order chi connectivity index (χ1) is 16.2. The van der Waals surface area contributed by atoms with Crippen LogP contribution in [-0.4, -0.2) is 60.2 Å². The van der Waals surface area contributed by atoms with Gasteiger partial charge in [-0.3, -0.25) is 4.79 Å². The molecular weight excluding hydrogens is 424 g/mol. The number of amides is 1. The van der Waals surface area contributed by atoms with E-state index in [0.717, 1.165) is 17.0 Å². The van der Waals surface area contributed by atoms with Crippen LogP contribution in [-0.2, 0) is 9.47 Å². The molecule has 3 aliphatic rings. The lowest BCUT2D eigenvalue weighted by Gasteiger charge is -2.18. The second-order valence-electron chi connectivity index (χ2n) is 8.13. The molecule has 0 unspecified atom stereocenters. The van der Waals surface area contributed by atoms with Crippen molar-refractivity contribution in [3.8, 4) is 22.8 Å². The molecule has 1 amide bonds. The van der Waals surface area contributed by atoms with E-state index in [1.807, 2.05) is 42.5 Å². The van der Waals surface area contributed by atoms with Crippen LogP contribution >= 0.6 is 0 Å². The highest BCUT2D eigenvalue weighted by molar-refractivity contribution is 5.94. The van der Waals surface area contributed by atoms with Crippen molar-refractivity contribution in [2.24, 2.45) is 0 Å². The summed E-state index contributed by atoms with van der Waals surface area (Å²) < 4.78 is 22.8. The maximum atomic E-state index is 12.5. The summed E-state index contributed by atoms with van der Waals surface area (Å²) in [7, 11) is 0. The van der Waals surface area contributed by atoms with Crippen LogP contribution in [0.3, 0.4) is 0 Å². The Morgan fingerprint density at radius 1 is 0.909 bits per heavy atom. The van der Waals surface area contributed by atoms with E-state index in [0.29, 0.717) is 30.5 Å². The Labute approximate surface area is 190 Å². The van der Waals surface area contributed by atoms with Crippen LogP contribution in [0, 0.1) is 0 Å². The Bertz CT molecular complexity index is 1170. The molecule has 2 fully saturated rings. The lowest BCUT2D eigenvalue weighted by Crippen LogP contribution is -2.44. The average molecular weight is 446 g/mol. The molecule has 9 heteroatoms. The summed E-state index contributed by atoms with van der Waals surface area (Å²) in [4.78, 5) is 21.5. The van der Waals surface area contributed by atoms with E-state index in [1.54, 1.807) is 18.3 Å². The first kappa shape index (κ1) is 20.0. The molecule has 0 aliphatic carbocycles. The molecule has 2 aromatic carbocycles. The van der Waals surface area contributed by atoms with E-state index >= 15 is 0 Å². The van der Waals surface area contributed by atoms with Crippen LogP contribution in [0.2, 0.25) is 0 Å². The molecule has 1 aromatic heterocycles. The maximum Gasteiger partial charge on any atom is 0.251 e. The summed E-state index contributed by atoms with van der Waals surface area (Å²) in [6, 6.07) is 16.4. The Morgan fingerprint density at radius 2 is 1.70 bits per heavy atom. The predicted molar refractivity (Wildman–Crippen MR) is 118 cm³/mol. The van der Waals surface area contributed by atoms with Gasteiger partial charge in [0.15, 0.2) is 11.5 Å². The van der Waals surface area contributed by atoms with Gasteiger partial charge in [0.25, 0.3) is 5.91 Å². The number of carbonyl (C=O) groups excluding carboxylic acids is 1. The molecule has 3 aliphatic heterocycles. The third-order valence-corrected chi connectivity index (χ3v) is 6.04. The highest BCUT2D eigenvalue weighted by Gasteiger charge is 2.48. The number of fused-ring (bicyclic) bond motifs is 2. The van der Waals surface area contributed by atoms with Gasteiger partial charge in [-0.15, -0.1) is 0 Å². The topological polar surface area (TPSA) is 104 Å². The number of anilines is 1. The van der Waals surface area contributed by atoms with Crippen molar-refractivity contribution in [1.29, 1.82) is 0 Å². The van der Waals surface area contributed by atoms with E-state index in [4.69, 9.17) is 18.9 Å². The first-order valence-corrected chi connectivity index (χ1v) is 10.8. The molecular formula is C24H22N4O5. The Morgan fingerprint density at radius 3 is 2.58 bits per heavy atom. The van der Waals surface area contributed by atoms with Gasteiger partial charge < -0.3 is 29.6 Å². The van der Waals surface area contributed by atoms with E-state index in [1.165, 1.54) is 0 Å². The van der Waals surface area contributed by atoms with Crippen LogP contribution in [0.5, 0.6) is 11.5 Å². The number of ether oxygens (including phenoxy) is 4. The minimum Gasteiger partial charge on any atom is -0.454 e. The van der Waals surface area contributed by atoms with E-state index in [2.05, 4.69) is 20.6 Å². The zero-order valence-corrected chi connectivity index (χ0v) is 17.6. The molecule has 0 spiro atoms. The zero-order chi connectivity index (χ0) is 22.2. The molecule has 9 nitrogen and oxygen atoms in total. The number of nitrogens with zero attached hydrogens (tertiary/aromatic N) is 2. The molecule has 3 aromatic rings. The monoisotopic (exact) mass is 446 g/mol. The fourth-order valence-electron chi connectivity index (χ4n) is 4.40. The van der Waals surface area contributed by atoms with Gasteiger partial charge in [-0.1, -0.05) is 18.2 Å². The van der Waals surface area contributed by atoms with Crippen molar-refractivity contribution in [2.75, 3.05) is 25.3 Å². The average Bonchev–Trinajstić information content (AvgIpc) is 3.58. The third-order valence-electron chi connectivity index (χ3n) is 6.04. The van der Waals surface area contributed by atoms with Crippen molar-refractivity contribution in [3.63, 3.8) is 0 Å². The minimum absolute atomic E-state index is 0.124. The van der Waals surface area contributed by atoms with E-state index in [9.17, 15) is 4.79 Å². The lowest BCUT2D eigenvalue weighted by atomic mass is 10.1. The lowest BCUT2D eigenvalue weighted by molar-refractivity contribution is 0.0652. The largest absolute Gasteiger partial charge is 0.454 e. The normalized spacial score (nSPS) is 25.0. The second kappa shape index (κ2) is 8.34. The number of nitrogens with one attached hydrogen (secondary N) is 2. The van der Waals surface area contributed by atoms with Gasteiger partial charge in [-0.05, 0) is 36.4 Å². The molecule has 6 rings (SSSR count). The first-order valence-electron chi connectivity index (χ1n) is 10.8. The smallest absolute Gasteiger partial charge is 0.251 e. The molecule has 0 bridgehead atoms. The summed E-state index contributed by atoms with van der Waals surface area (Å²) in [6.07, 6.45) is 1.28. The van der Waals surface area contributed by atoms with Gasteiger partial charge in [-0.25, -0.2) is 9.97 Å². The number of hydrogen-bond donors (Lipinski definition) is 2. The molecule has 33 heavy (non-hydrogen) atoms. The fraction of sp³-hybridized carbons (Fsp3) is 0.292. The summed E-state index contributed by atoms with van der Waals surface area (Å²) >= 11 is 0. The van der Waals surface area contributed by atoms with Gasteiger partial charge in [0.2, 0.25) is 12.7 Å². The van der Waals surface area contributed by atoms with E-state index < -0.39 is 0 Å². The van der Waals surface area contributed by atoms with Crippen molar-refractivity contribution in [2.45, 2.75) is 24.3 Å². The van der Waals surface area contributed by atoms with Gasteiger partial charge in [0.1, 0.15) is 12.2 Å². The standard InChI is InChI=1S/C24H22N4O5/c29-23(14-4-2-1-3-5-14)26-17-11-30-22-18(12-31-21(17)22)28-24-25-9-8-16(27-24)15-6-7-19-20(10-15)33-13-32-19/h1-10,17-18,21-22H,11-13H2,(H,26,29)(H,25,27,28)/t17-,18+,21-,22+/m1/s1. The van der Waals surface area contributed by atoms with Gasteiger partial charge >= 0.3 is 0 Å². The molecule has 4 atom stereocenters. The summed E-state index contributed by atoms with van der Waals surface area (Å²) in [6.45, 7) is 1.06. The Hall–Kier alpha value is -3.69. The summed E-state index contributed by atoms with van der Waals surface area (Å²) in [5.41, 5.74) is 2.29. The molecule has 2 saturated heterocycles. The second-order valence-corrected chi connectivity index (χ2v) is 8.13. The number of benzene rings is 2. The highest BCUT2D eigenvalue weighted by Crippen LogP contribution is 2.35. The fourth-order valence-corrected chi connectivity index (χ4v) is 4.40. The van der Waals surface area contributed by atoms with Crippen LogP contribution in [0.1, 0.15) is 10.4 Å². The summed E-state index contributed by atoms with van der Waals surface area (Å²) in [5, 5.41) is 6.37. The maximum absolute atomic E-state index is 12.5. The number of hydrogen-bond acceptors (Lipinski definition) is 8. The van der Waals surface area contributed by atoms with Crippen molar-refractivity contribution < 1.29 is 23.7 Å². The zero-order valence-electron chi connectivity index (χ0n) is 17.6. The van der Waals surface area contributed by atoms with Crippen molar-refractivity contribution in [3.05, 3.63) is 66.4 Å². The van der Waals surface area contributed by atoms with E-state index in [-0.39, 0.29) is 37.0 Å². The van der Waals surface area contributed by atoms with Crippen LogP contribution in [0.25, 0.3) is 11.3 Å². The summed E-state index contributed by atoms with van der Waals surface area (Å²) in [5.74, 6) is 1.78. The molecule has 168 valence electrons. The third kappa shape index (κ3) is 3.85. The van der Waals surface area contributed by atoms with Crippen molar-refractivity contribution >= 4 is 11.9 Å². The van der Waals surface area contributed by atoms with Gasteiger partial charge in [0, 0.05) is 17.3 Å². The van der Waals surface area contributed by atoms with Gasteiger partial charge in [0.05, 0.1) is 31.0 Å². The SMILES string of the molecule is O=C(N[C@@H]1CO[C@@H]2[C@@H]1OC[C@@H]2Nc1nccc(-c2ccc3c(c2)OCO3)n1)c1ccccc1. The number of aromatic nitrogens is 2. The Balaban J connectivity index is 1.12. The quantitative estimate of drug-likeness (QED) is 0.615. The molecule has 0 radical (unpaired) electrons. The van der Waals surface area contributed by atoms with Crippen LogP contribution < -0.4 is 20.1 Å². The van der Waals surface area contributed by atoms with Crippen molar-refractivity contribution in [1.82, 2.24) is 15.3 Å². The van der Waals surface area contributed by atoms with Crippen LogP contribution in [0.15, 0.2) is 60.8 Å². The predicted octanol–water partition coefficient (Wildman–Crippen LogP) is 2.25. The molecule has 4 heterocycles. The molecule has 0 saturated carbocycles. The minimum atomic E-state index is -0.229.